The molecule has 0 saturated heterocycles. The zero-order chi connectivity index (χ0) is 11.3. The van der Waals surface area contributed by atoms with Gasteiger partial charge in [0.15, 0.2) is 0 Å². The average Bonchev–Trinajstić information content (AvgIpc) is 2.27. The van der Waals surface area contributed by atoms with Crippen LogP contribution in [-0.2, 0) is 9.53 Å². The van der Waals surface area contributed by atoms with E-state index in [2.05, 4.69) is 17.4 Å². The van der Waals surface area contributed by atoms with Crippen LogP contribution < -0.4 is 0 Å². The van der Waals surface area contributed by atoms with Crippen molar-refractivity contribution in [1.29, 1.82) is 0 Å². The third-order valence-corrected chi connectivity index (χ3v) is 2.42. The molecule has 80 valence electrons. The molecular weight excluding hydrogens is 232 g/mol. The third kappa shape index (κ3) is 3.61. The number of thiol groups is 1. The second-order valence-corrected chi connectivity index (χ2v) is 3.62. The van der Waals surface area contributed by atoms with Gasteiger partial charge in [-0.2, -0.15) is 12.6 Å². The van der Waals surface area contributed by atoms with E-state index >= 15 is 0 Å². The molecule has 0 atom stereocenters. The summed E-state index contributed by atoms with van der Waals surface area (Å²) in [5.74, 6) is -0.0186. The Hall–Kier alpha value is -0.930. The van der Waals surface area contributed by atoms with Crippen LogP contribution in [0.2, 0.25) is 5.02 Å². The van der Waals surface area contributed by atoms with Gasteiger partial charge >= 0.3 is 5.97 Å². The lowest BCUT2D eigenvalue weighted by molar-refractivity contribution is -0.135. The number of esters is 1. The highest BCUT2D eigenvalue weighted by Gasteiger charge is 2.06. The first kappa shape index (κ1) is 12.1. The van der Waals surface area contributed by atoms with Crippen LogP contribution in [-0.4, -0.2) is 18.8 Å². The zero-order valence-corrected chi connectivity index (χ0v) is 9.89. The Morgan fingerprint density at radius 3 is 2.53 bits per heavy atom. The van der Waals surface area contributed by atoms with Gasteiger partial charge in [-0.25, -0.2) is 4.79 Å². The van der Waals surface area contributed by atoms with Crippen LogP contribution in [0.5, 0.6) is 0 Å². The van der Waals surface area contributed by atoms with E-state index in [0.29, 0.717) is 16.3 Å². The molecule has 0 unspecified atom stereocenters. The van der Waals surface area contributed by atoms with Crippen molar-refractivity contribution in [2.75, 3.05) is 12.9 Å². The van der Waals surface area contributed by atoms with Crippen molar-refractivity contribution >= 4 is 36.3 Å². The SMILES string of the molecule is COC(=O)/C(=C/c1ccc(Cl)cc1)CS. The summed E-state index contributed by atoms with van der Waals surface area (Å²) < 4.78 is 4.62. The lowest BCUT2D eigenvalue weighted by atomic mass is 10.1. The summed E-state index contributed by atoms with van der Waals surface area (Å²) in [5, 5.41) is 0.664. The second-order valence-electron chi connectivity index (χ2n) is 2.87. The molecule has 0 saturated carbocycles. The van der Waals surface area contributed by atoms with Crippen molar-refractivity contribution in [2.24, 2.45) is 0 Å². The molecule has 0 aliphatic carbocycles. The number of carbonyl (C=O) groups is 1. The van der Waals surface area contributed by atoms with Crippen molar-refractivity contribution in [2.45, 2.75) is 0 Å². The number of benzene rings is 1. The van der Waals surface area contributed by atoms with Crippen LogP contribution in [0.4, 0.5) is 0 Å². The number of hydrogen-bond donors (Lipinski definition) is 1. The van der Waals surface area contributed by atoms with Gasteiger partial charge in [-0.15, -0.1) is 0 Å². The van der Waals surface area contributed by atoms with E-state index in [1.807, 2.05) is 12.1 Å². The zero-order valence-electron chi connectivity index (χ0n) is 8.24. The van der Waals surface area contributed by atoms with Crippen molar-refractivity contribution < 1.29 is 9.53 Å². The van der Waals surface area contributed by atoms with Crippen molar-refractivity contribution in [3.63, 3.8) is 0 Å². The normalized spacial score (nSPS) is 11.3. The van der Waals surface area contributed by atoms with Gasteiger partial charge in [-0.05, 0) is 23.8 Å². The first-order valence-electron chi connectivity index (χ1n) is 4.32. The summed E-state index contributed by atoms with van der Waals surface area (Å²) in [4.78, 5) is 11.2. The first-order chi connectivity index (χ1) is 7.17. The summed E-state index contributed by atoms with van der Waals surface area (Å²) in [5.41, 5.74) is 1.41. The van der Waals surface area contributed by atoms with Gasteiger partial charge < -0.3 is 4.74 Å². The largest absolute Gasteiger partial charge is 0.466 e. The fourth-order valence-electron chi connectivity index (χ4n) is 1.06. The molecular formula is C11H11ClO2S. The Morgan fingerprint density at radius 1 is 1.47 bits per heavy atom. The Labute approximate surface area is 99.3 Å². The Balaban J connectivity index is 2.93. The topological polar surface area (TPSA) is 26.3 Å². The molecule has 15 heavy (non-hydrogen) atoms. The molecule has 1 aromatic carbocycles. The van der Waals surface area contributed by atoms with Crippen LogP contribution in [0.15, 0.2) is 29.8 Å². The quantitative estimate of drug-likeness (QED) is 0.501. The summed E-state index contributed by atoms with van der Waals surface area (Å²) in [6.07, 6.45) is 1.73. The minimum Gasteiger partial charge on any atom is -0.466 e. The highest BCUT2D eigenvalue weighted by Crippen LogP contribution is 2.13. The van der Waals surface area contributed by atoms with Crippen LogP contribution in [0.25, 0.3) is 6.08 Å². The predicted octanol–water partition coefficient (Wildman–Crippen LogP) is 2.83. The molecule has 0 aromatic heterocycles. The Kier molecular flexibility index (Phi) is 4.72. The molecule has 0 aliphatic heterocycles. The van der Waals surface area contributed by atoms with E-state index < -0.39 is 0 Å². The molecule has 1 aromatic rings. The Morgan fingerprint density at radius 2 is 2.07 bits per heavy atom. The van der Waals surface area contributed by atoms with Crippen molar-refractivity contribution in [3.05, 3.63) is 40.4 Å². The van der Waals surface area contributed by atoms with Crippen molar-refractivity contribution in [3.8, 4) is 0 Å². The van der Waals surface area contributed by atoms with E-state index in [1.165, 1.54) is 7.11 Å². The molecule has 0 fully saturated rings. The van der Waals surface area contributed by atoms with Crippen LogP contribution >= 0.6 is 24.2 Å². The first-order valence-corrected chi connectivity index (χ1v) is 5.33. The minimum atomic E-state index is -0.361. The molecule has 0 heterocycles. The lowest BCUT2D eigenvalue weighted by Crippen LogP contribution is -2.05. The highest BCUT2D eigenvalue weighted by atomic mass is 35.5. The number of hydrogen-bond acceptors (Lipinski definition) is 3. The van der Waals surface area contributed by atoms with Crippen LogP contribution in [0.3, 0.4) is 0 Å². The van der Waals surface area contributed by atoms with E-state index in [0.717, 1.165) is 5.56 Å². The van der Waals surface area contributed by atoms with E-state index in [1.54, 1.807) is 18.2 Å². The van der Waals surface area contributed by atoms with Gasteiger partial charge in [-0.3, -0.25) is 0 Å². The maximum atomic E-state index is 11.2. The summed E-state index contributed by atoms with van der Waals surface area (Å²) in [6, 6.07) is 7.19. The number of rotatable bonds is 3. The number of carbonyl (C=O) groups excluding carboxylic acids is 1. The van der Waals surface area contributed by atoms with Gasteiger partial charge in [0.1, 0.15) is 0 Å². The summed E-state index contributed by atoms with van der Waals surface area (Å²) in [6.45, 7) is 0. The lowest BCUT2D eigenvalue weighted by Gasteiger charge is -2.01. The van der Waals surface area contributed by atoms with Crippen molar-refractivity contribution in [1.82, 2.24) is 0 Å². The molecule has 0 radical (unpaired) electrons. The van der Waals surface area contributed by atoms with Gasteiger partial charge in [-0.1, -0.05) is 23.7 Å². The second kappa shape index (κ2) is 5.83. The molecule has 4 heteroatoms. The fourth-order valence-corrected chi connectivity index (χ4v) is 1.41. The number of ether oxygens (including phenoxy) is 1. The monoisotopic (exact) mass is 242 g/mol. The number of halogens is 1. The summed E-state index contributed by atoms with van der Waals surface area (Å²) in [7, 11) is 1.35. The molecule has 2 nitrogen and oxygen atoms in total. The average molecular weight is 243 g/mol. The number of methoxy groups -OCH3 is 1. The maximum Gasteiger partial charge on any atom is 0.334 e. The molecule has 0 aliphatic rings. The van der Waals surface area contributed by atoms with Gasteiger partial charge in [0, 0.05) is 16.3 Å². The Bertz CT molecular complexity index is 371. The maximum absolute atomic E-state index is 11.2. The van der Waals surface area contributed by atoms with E-state index in [9.17, 15) is 4.79 Å². The van der Waals surface area contributed by atoms with Gasteiger partial charge in [0.25, 0.3) is 0 Å². The third-order valence-electron chi connectivity index (χ3n) is 1.83. The summed E-state index contributed by atoms with van der Waals surface area (Å²) >= 11 is 9.81. The van der Waals surface area contributed by atoms with Crippen LogP contribution in [0, 0.1) is 0 Å². The van der Waals surface area contributed by atoms with E-state index in [4.69, 9.17) is 11.6 Å². The molecule has 0 N–H and O–H groups in total. The van der Waals surface area contributed by atoms with Crippen LogP contribution in [0.1, 0.15) is 5.56 Å². The standard InChI is InChI=1S/C11H11ClO2S/c1-14-11(13)9(7-15)6-8-2-4-10(12)5-3-8/h2-6,15H,7H2,1H3/b9-6+. The fraction of sp³-hybridized carbons (Fsp3) is 0.182. The smallest absolute Gasteiger partial charge is 0.334 e. The molecule has 1 rings (SSSR count). The van der Waals surface area contributed by atoms with E-state index in [-0.39, 0.29) is 5.97 Å². The van der Waals surface area contributed by atoms with Gasteiger partial charge in [0.2, 0.25) is 0 Å². The minimum absolute atomic E-state index is 0.343. The van der Waals surface area contributed by atoms with Gasteiger partial charge in [0.05, 0.1) is 7.11 Å². The predicted molar refractivity (Wildman–Crippen MR) is 65.3 cm³/mol. The highest BCUT2D eigenvalue weighted by molar-refractivity contribution is 7.80. The molecule has 0 amide bonds. The molecule has 0 bridgehead atoms. The molecule has 0 spiro atoms.